The highest BCUT2D eigenvalue weighted by Gasteiger charge is 2.12. The SMILES string of the molecule is Cc1nccc2c3ccc(OCC(C)CC(C)N)cc3c(=O)n(C)c12. The topological polar surface area (TPSA) is 70.1 Å². The van der Waals surface area contributed by atoms with E-state index in [4.69, 9.17) is 10.5 Å². The lowest BCUT2D eigenvalue weighted by atomic mass is 10.0. The number of fused-ring (bicyclic) bond motifs is 3. The Labute approximate surface area is 147 Å². The van der Waals surface area contributed by atoms with Crippen molar-refractivity contribution in [2.24, 2.45) is 18.7 Å². The molecule has 5 nitrogen and oxygen atoms in total. The Morgan fingerprint density at radius 2 is 1.96 bits per heavy atom. The second kappa shape index (κ2) is 6.84. The summed E-state index contributed by atoms with van der Waals surface area (Å²) in [5.41, 5.74) is 7.52. The molecule has 2 heterocycles. The summed E-state index contributed by atoms with van der Waals surface area (Å²) in [6, 6.07) is 7.84. The molecule has 0 aliphatic heterocycles. The van der Waals surface area contributed by atoms with Crippen molar-refractivity contribution in [1.29, 1.82) is 0 Å². The van der Waals surface area contributed by atoms with E-state index in [2.05, 4.69) is 11.9 Å². The highest BCUT2D eigenvalue weighted by Crippen LogP contribution is 2.27. The van der Waals surface area contributed by atoms with E-state index in [0.717, 1.165) is 28.4 Å². The lowest BCUT2D eigenvalue weighted by Crippen LogP contribution is -2.21. The predicted octanol–water partition coefficient (Wildman–Crippen LogP) is 3.15. The van der Waals surface area contributed by atoms with Crippen molar-refractivity contribution in [2.75, 3.05) is 6.61 Å². The first kappa shape index (κ1) is 17.4. The van der Waals surface area contributed by atoms with Gasteiger partial charge in [-0.3, -0.25) is 9.78 Å². The van der Waals surface area contributed by atoms with Crippen LogP contribution in [0.4, 0.5) is 0 Å². The van der Waals surface area contributed by atoms with Crippen LogP contribution in [0, 0.1) is 12.8 Å². The molecule has 0 spiro atoms. The normalized spacial score (nSPS) is 14.0. The summed E-state index contributed by atoms with van der Waals surface area (Å²) in [4.78, 5) is 17.1. The summed E-state index contributed by atoms with van der Waals surface area (Å²) >= 11 is 0. The minimum atomic E-state index is -0.0346. The maximum Gasteiger partial charge on any atom is 0.258 e. The van der Waals surface area contributed by atoms with Crippen LogP contribution in [0.25, 0.3) is 21.7 Å². The summed E-state index contributed by atoms with van der Waals surface area (Å²) in [7, 11) is 1.79. The Balaban J connectivity index is 2.02. The zero-order chi connectivity index (χ0) is 18.1. The van der Waals surface area contributed by atoms with E-state index in [0.29, 0.717) is 23.7 Å². The molecule has 2 aromatic heterocycles. The van der Waals surface area contributed by atoms with Crippen molar-refractivity contribution < 1.29 is 4.74 Å². The third kappa shape index (κ3) is 3.37. The molecule has 0 saturated carbocycles. The van der Waals surface area contributed by atoms with E-state index in [9.17, 15) is 4.79 Å². The summed E-state index contributed by atoms with van der Waals surface area (Å²) in [6.45, 7) is 6.62. The molecule has 0 bridgehead atoms. The number of pyridine rings is 2. The Kier molecular flexibility index (Phi) is 4.77. The predicted molar refractivity (Wildman–Crippen MR) is 102 cm³/mol. The minimum Gasteiger partial charge on any atom is -0.493 e. The van der Waals surface area contributed by atoms with Crippen molar-refractivity contribution >= 4 is 21.7 Å². The number of benzene rings is 1. The average Bonchev–Trinajstić information content (AvgIpc) is 2.57. The molecule has 0 aliphatic carbocycles. The maximum atomic E-state index is 12.8. The summed E-state index contributed by atoms with van der Waals surface area (Å²) < 4.78 is 7.56. The number of rotatable bonds is 5. The Hall–Kier alpha value is -2.40. The number of aromatic nitrogens is 2. The van der Waals surface area contributed by atoms with Crippen LogP contribution >= 0.6 is 0 Å². The largest absolute Gasteiger partial charge is 0.493 e. The molecule has 0 fully saturated rings. The first-order chi connectivity index (χ1) is 11.9. The lowest BCUT2D eigenvalue weighted by Gasteiger charge is -2.16. The first-order valence-electron chi connectivity index (χ1n) is 8.65. The number of ether oxygens (including phenoxy) is 1. The average molecular weight is 339 g/mol. The second-order valence-corrected chi connectivity index (χ2v) is 6.99. The number of hydrogen-bond donors (Lipinski definition) is 1. The van der Waals surface area contributed by atoms with Crippen LogP contribution in [0.1, 0.15) is 26.0 Å². The van der Waals surface area contributed by atoms with Crippen molar-refractivity contribution in [1.82, 2.24) is 9.55 Å². The number of nitrogens with zero attached hydrogens (tertiary/aromatic N) is 2. The fourth-order valence-electron chi connectivity index (χ4n) is 3.45. The standard InChI is InChI=1S/C20H25N3O2/c1-12(9-13(2)21)11-25-15-5-6-16-17-7-8-22-14(3)19(17)23(4)20(24)18(16)10-15/h5-8,10,12-13H,9,11,21H2,1-4H3. The van der Waals surface area contributed by atoms with Gasteiger partial charge < -0.3 is 15.0 Å². The molecule has 5 heteroatoms. The van der Waals surface area contributed by atoms with Crippen LogP contribution < -0.4 is 16.0 Å². The Morgan fingerprint density at radius 3 is 2.68 bits per heavy atom. The van der Waals surface area contributed by atoms with Crippen LogP contribution in [0.2, 0.25) is 0 Å². The Morgan fingerprint density at radius 1 is 1.20 bits per heavy atom. The highest BCUT2D eigenvalue weighted by molar-refractivity contribution is 6.06. The molecule has 0 radical (unpaired) electrons. The van der Waals surface area contributed by atoms with E-state index in [1.165, 1.54) is 0 Å². The summed E-state index contributed by atoms with van der Waals surface area (Å²) in [5, 5.41) is 2.62. The molecular weight excluding hydrogens is 314 g/mol. The summed E-state index contributed by atoms with van der Waals surface area (Å²) in [5.74, 6) is 1.08. The molecule has 2 unspecified atom stereocenters. The van der Waals surface area contributed by atoms with E-state index < -0.39 is 0 Å². The molecule has 25 heavy (non-hydrogen) atoms. The molecule has 2 atom stereocenters. The number of hydrogen-bond acceptors (Lipinski definition) is 4. The zero-order valence-corrected chi connectivity index (χ0v) is 15.2. The van der Waals surface area contributed by atoms with E-state index >= 15 is 0 Å². The van der Waals surface area contributed by atoms with Crippen molar-refractivity contribution in [3.8, 4) is 5.75 Å². The van der Waals surface area contributed by atoms with Crippen LogP contribution in [-0.2, 0) is 7.05 Å². The molecule has 2 N–H and O–H groups in total. The van der Waals surface area contributed by atoms with Crippen LogP contribution in [-0.4, -0.2) is 22.2 Å². The quantitative estimate of drug-likeness (QED) is 0.725. The molecule has 0 amide bonds. The van der Waals surface area contributed by atoms with Gasteiger partial charge in [0.1, 0.15) is 5.75 Å². The number of nitrogens with two attached hydrogens (primary N) is 1. The van der Waals surface area contributed by atoms with Gasteiger partial charge in [0, 0.05) is 24.7 Å². The van der Waals surface area contributed by atoms with Gasteiger partial charge in [-0.05, 0) is 55.8 Å². The van der Waals surface area contributed by atoms with E-state index in [1.807, 2.05) is 38.1 Å². The van der Waals surface area contributed by atoms with Gasteiger partial charge in [-0.15, -0.1) is 0 Å². The Bertz CT molecular complexity index is 976. The van der Waals surface area contributed by atoms with Gasteiger partial charge in [-0.2, -0.15) is 0 Å². The van der Waals surface area contributed by atoms with Crippen LogP contribution in [0.3, 0.4) is 0 Å². The second-order valence-electron chi connectivity index (χ2n) is 6.99. The van der Waals surface area contributed by atoms with E-state index in [1.54, 1.807) is 17.8 Å². The van der Waals surface area contributed by atoms with E-state index in [-0.39, 0.29) is 11.6 Å². The van der Waals surface area contributed by atoms with Gasteiger partial charge in [0.15, 0.2) is 0 Å². The van der Waals surface area contributed by atoms with Gasteiger partial charge >= 0.3 is 0 Å². The molecule has 132 valence electrons. The number of aryl methyl sites for hydroxylation is 2. The fourth-order valence-corrected chi connectivity index (χ4v) is 3.45. The highest BCUT2D eigenvalue weighted by atomic mass is 16.5. The fraction of sp³-hybridized carbons (Fsp3) is 0.400. The zero-order valence-electron chi connectivity index (χ0n) is 15.2. The molecular formula is C20H25N3O2. The van der Waals surface area contributed by atoms with Crippen molar-refractivity contribution in [3.05, 3.63) is 46.5 Å². The first-order valence-corrected chi connectivity index (χ1v) is 8.65. The molecule has 3 aromatic rings. The van der Waals surface area contributed by atoms with Gasteiger partial charge in [0.05, 0.1) is 23.2 Å². The van der Waals surface area contributed by atoms with Gasteiger partial charge in [0.25, 0.3) is 5.56 Å². The monoisotopic (exact) mass is 339 g/mol. The summed E-state index contributed by atoms with van der Waals surface area (Å²) in [6.07, 6.45) is 2.69. The van der Waals surface area contributed by atoms with Crippen molar-refractivity contribution in [3.63, 3.8) is 0 Å². The molecule has 0 aliphatic rings. The van der Waals surface area contributed by atoms with Gasteiger partial charge in [-0.25, -0.2) is 0 Å². The minimum absolute atomic E-state index is 0.0346. The molecule has 1 aromatic carbocycles. The smallest absolute Gasteiger partial charge is 0.258 e. The van der Waals surface area contributed by atoms with Crippen LogP contribution in [0.15, 0.2) is 35.3 Å². The third-order valence-electron chi connectivity index (χ3n) is 4.57. The third-order valence-corrected chi connectivity index (χ3v) is 4.57. The van der Waals surface area contributed by atoms with Gasteiger partial charge in [0.2, 0.25) is 0 Å². The molecule has 3 rings (SSSR count). The van der Waals surface area contributed by atoms with Crippen LogP contribution in [0.5, 0.6) is 5.75 Å². The van der Waals surface area contributed by atoms with Gasteiger partial charge in [-0.1, -0.05) is 6.92 Å². The van der Waals surface area contributed by atoms with Crippen molar-refractivity contribution in [2.45, 2.75) is 33.2 Å². The lowest BCUT2D eigenvalue weighted by molar-refractivity contribution is 0.246. The maximum absolute atomic E-state index is 12.8. The molecule has 0 saturated heterocycles.